The van der Waals surface area contributed by atoms with Crippen LogP contribution in [-0.2, 0) is 0 Å². The van der Waals surface area contributed by atoms with Crippen LogP contribution >= 0.6 is 11.5 Å². The molecule has 3 heterocycles. The average Bonchev–Trinajstić information content (AvgIpc) is 3.25. The molecule has 1 saturated heterocycles. The van der Waals surface area contributed by atoms with Crippen LogP contribution in [-0.4, -0.2) is 20.9 Å². The largest absolute Gasteiger partial charge is 0.338 e. The van der Waals surface area contributed by atoms with Crippen LogP contribution in [0.1, 0.15) is 30.3 Å². The number of rotatable bonds is 3. The van der Waals surface area contributed by atoms with E-state index in [1.54, 1.807) is 0 Å². The van der Waals surface area contributed by atoms with Crippen molar-refractivity contribution in [3.8, 4) is 11.4 Å². The molecule has 5 heteroatoms. The molecule has 116 valence electrons. The number of aryl methyl sites for hydroxylation is 1. The maximum absolute atomic E-state index is 4.77. The Labute approximate surface area is 140 Å². The van der Waals surface area contributed by atoms with Crippen LogP contribution in [0.5, 0.6) is 0 Å². The lowest BCUT2D eigenvalue weighted by Crippen LogP contribution is -2.23. The van der Waals surface area contributed by atoms with Gasteiger partial charge in [0.1, 0.15) is 0 Å². The lowest BCUT2D eigenvalue weighted by Gasteiger charge is -2.23. The highest BCUT2D eigenvalue weighted by Crippen LogP contribution is 2.37. The minimum absolute atomic E-state index is 0.312. The van der Waals surface area contributed by atoms with Gasteiger partial charge in [-0.1, -0.05) is 36.4 Å². The fraction of sp³-hybridized carbons (Fsp3) is 0.278. The van der Waals surface area contributed by atoms with E-state index in [2.05, 4.69) is 33.5 Å². The highest BCUT2D eigenvalue weighted by atomic mass is 32.1. The lowest BCUT2D eigenvalue weighted by molar-refractivity contribution is 0.690. The topological polar surface area (TPSA) is 41.9 Å². The van der Waals surface area contributed by atoms with Gasteiger partial charge >= 0.3 is 0 Å². The Morgan fingerprint density at radius 1 is 1.04 bits per heavy atom. The van der Waals surface area contributed by atoms with Gasteiger partial charge < -0.3 is 4.90 Å². The van der Waals surface area contributed by atoms with Gasteiger partial charge in [0.2, 0.25) is 5.13 Å². The van der Waals surface area contributed by atoms with Crippen molar-refractivity contribution in [3.63, 3.8) is 0 Å². The van der Waals surface area contributed by atoms with Crippen molar-refractivity contribution in [1.29, 1.82) is 0 Å². The van der Waals surface area contributed by atoms with E-state index in [-0.39, 0.29) is 0 Å². The third kappa shape index (κ3) is 2.84. The zero-order valence-electron chi connectivity index (χ0n) is 13.0. The summed E-state index contributed by atoms with van der Waals surface area (Å²) in [5.74, 6) is 0.813. The summed E-state index contributed by atoms with van der Waals surface area (Å²) in [7, 11) is 0. The molecular weight excluding hydrogens is 304 g/mol. The molecule has 3 aromatic rings. The van der Waals surface area contributed by atoms with E-state index in [9.17, 15) is 0 Å². The molecule has 1 aliphatic heterocycles. The van der Waals surface area contributed by atoms with Crippen LogP contribution in [0, 0.1) is 6.92 Å². The van der Waals surface area contributed by atoms with Crippen molar-refractivity contribution in [2.24, 2.45) is 0 Å². The zero-order chi connectivity index (χ0) is 15.6. The van der Waals surface area contributed by atoms with Gasteiger partial charge in [0.15, 0.2) is 5.82 Å². The van der Waals surface area contributed by atoms with Crippen molar-refractivity contribution in [1.82, 2.24) is 14.3 Å². The SMILES string of the molecule is Cc1cccc([C@@H]2CCCN2c2nc(-c3ccccc3)ns2)n1. The summed E-state index contributed by atoms with van der Waals surface area (Å²) in [6.07, 6.45) is 2.29. The first-order valence-corrected chi connectivity index (χ1v) is 8.68. The highest BCUT2D eigenvalue weighted by molar-refractivity contribution is 7.09. The second-order valence-electron chi connectivity index (χ2n) is 5.82. The fourth-order valence-corrected chi connectivity index (χ4v) is 3.85. The number of aromatic nitrogens is 3. The van der Waals surface area contributed by atoms with Gasteiger partial charge in [0.05, 0.1) is 11.7 Å². The monoisotopic (exact) mass is 322 g/mol. The number of pyridine rings is 1. The Balaban J connectivity index is 1.63. The van der Waals surface area contributed by atoms with Gasteiger partial charge in [-0.2, -0.15) is 9.36 Å². The summed E-state index contributed by atoms with van der Waals surface area (Å²) in [5.41, 5.74) is 3.27. The first kappa shape index (κ1) is 14.3. The highest BCUT2D eigenvalue weighted by Gasteiger charge is 2.29. The summed E-state index contributed by atoms with van der Waals surface area (Å²) >= 11 is 1.48. The van der Waals surface area contributed by atoms with Crippen LogP contribution in [0.4, 0.5) is 5.13 Å². The maximum Gasteiger partial charge on any atom is 0.206 e. The molecule has 1 fully saturated rings. The van der Waals surface area contributed by atoms with Crippen LogP contribution in [0.25, 0.3) is 11.4 Å². The predicted octanol–water partition coefficient (Wildman–Crippen LogP) is 4.25. The Morgan fingerprint density at radius 2 is 1.91 bits per heavy atom. The average molecular weight is 322 g/mol. The zero-order valence-corrected chi connectivity index (χ0v) is 13.8. The Bertz CT molecular complexity index is 800. The van der Waals surface area contributed by atoms with Gasteiger partial charge in [0.25, 0.3) is 0 Å². The maximum atomic E-state index is 4.77. The molecule has 0 aliphatic carbocycles. The Kier molecular flexibility index (Phi) is 3.79. The van der Waals surface area contributed by atoms with Gasteiger partial charge in [-0.15, -0.1) is 0 Å². The molecule has 0 unspecified atom stereocenters. The number of hydrogen-bond acceptors (Lipinski definition) is 5. The quantitative estimate of drug-likeness (QED) is 0.723. The van der Waals surface area contributed by atoms with E-state index in [0.717, 1.165) is 40.9 Å². The summed E-state index contributed by atoms with van der Waals surface area (Å²) in [6.45, 7) is 3.06. The standard InChI is InChI=1S/C18H18N4S/c1-13-7-5-10-15(19-13)16-11-6-12-22(16)18-20-17(21-23-18)14-8-3-2-4-9-14/h2-5,7-10,16H,6,11-12H2,1H3/t16-/m0/s1. The van der Waals surface area contributed by atoms with Gasteiger partial charge in [-0.3, -0.25) is 4.98 Å². The molecule has 1 aliphatic rings. The molecule has 1 atom stereocenters. The third-order valence-corrected chi connectivity index (χ3v) is 4.95. The molecular formula is C18H18N4S. The van der Waals surface area contributed by atoms with Gasteiger partial charge in [-0.05, 0) is 31.9 Å². The normalized spacial score (nSPS) is 17.6. The minimum Gasteiger partial charge on any atom is -0.338 e. The number of hydrogen-bond donors (Lipinski definition) is 0. The number of anilines is 1. The van der Waals surface area contributed by atoms with E-state index in [1.165, 1.54) is 18.0 Å². The Morgan fingerprint density at radius 3 is 2.74 bits per heavy atom. The van der Waals surface area contributed by atoms with Crippen molar-refractivity contribution >= 4 is 16.7 Å². The van der Waals surface area contributed by atoms with Crippen molar-refractivity contribution in [3.05, 3.63) is 59.9 Å². The summed E-state index contributed by atoms with van der Waals surface area (Å²) < 4.78 is 4.55. The summed E-state index contributed by atoms with van der Waals surface area (Å²) in [6, 6.07) is 16.7. The molecule has 0 spiro atoms. The molecule has 2 aromatic heterocycles. The van der Waals surface area contributed by atoms with E-state index >= 15 is 0 Å². The van der Waals surface area contributed by atoms with Gasteiger partial charge in [-0.25, -0.2) is 0 Å². The van der Waals surface area contributed by atoms with E-state index in [0.29, 0.717) is 6.04 Å². The van der Waals surface area contributed by atoms with E-state index < -0.39 is 0 Å². The first-order chi connectivity index (χ1) is 11.3. The molecule has 0 radical (unpaired) electrons. The second kappa shape index (κ2) is 6.08. The molecule has 4 rings (SSSR count). The fourth-order valence-electron chi connectivity index (χ4n) is 3.09. The molecule has 23 heavy (non-hydrogen) atoms. The van der Waals surface area contributed by atoms with Crippen LogP contribution in [0.3, 0.4) is 0 Å². The van der Waals surface area contributed by atoms with E-state index in [4.69, 9.17) is 9.97 Å². The Hall–Kier alpha value is -2.27. The third-order valence-electron chi connectivity index (χ3n) is 4.20. The van der Waals surface area contributed by atoms with Crippen LogP contribution < -0.4 is 4.90 Å². The van der Waals surface area contributed by atoms with Crippen molar-refractivity contribution in [2.75, 3.05) is 11.4 Å². The minimum atomic E-state index is 0.312. The van der Waals surface area contributed by atoms with Crippen molar-refractivity contribution in [2.45, 2.75) is 25.8 Å². The van der Waals surface area contributed by atoms with Crippen LogP contribution in [0.15, 0.2) is 48.5 Å². The smallest absolute Gasteiger partial charge is 0.206 e. The number of benzene rings is 1. The molecule has 4 nitrogen and oxygen atoms in total. The molecule has 0 saturated carbocycles. The molecule has 1 aromatic carbocycles. The molecule has 0 bridgehead atoms. The molecule has 0 amide bonds. The van der Waals surface area contributed by atoms with E-state index in [1.807, 2.05) is 31.2 Å². The summed E-state index contributed by atoms with van der Waals surface area (Å²) in [5, 5.41) is 0.995. The molecule has 0 N–H and O–H groups in total. The van der Waals surface area contributed by atoms with Gasteiger partial charge in [0, 0.05) is 29.3 Å². The van der Waals surface area contributed by atoms with Crippen LogP contribution in [0.2, 0.25) is 0 Å². The van der Waals surface area contributed by atoms with Crippen molar-refractivity contribution < 1.29 is 0 Å². The number of nitrogens with zero attached hydrogens (tertiary/aromatic N) is 4. The second-order valence-corrected chi connectivity index (χ2v) is 6.55. The summed E-state index contributed by atoms with van der Waals surface area (Å²) in [4.78, 5) is 11.8. The predicted molar refractivity (Wildman–Crippen MR) is 93.6 cm³/mol. The first-order valence-electron chi connectivity index (χ1n) is 7.90. The lowest BCUT2D eigenvalue weighted by atomic mass is 10.1.